The van der Waals surface area contributed by atoms with E-state index < -0.39 is 11.4 Å². The number of hydrogen-bond acceptors (Lipinski definition) is 5. The molecule has 0 saturated carbocycles. The van der Waals surface area contributed by atoms with E-state index >= 15 is 0 Å². The van der Waals surface area contributed by atoms with Crippen molar-refractivity contribution in [2.24, 2.45) is 5.41 Å². The number of nitrogens with zero attached hydrogens (tertiary/aromatic N) is 2. The molecule has 18 heavy (non-hydrogen) atoms. The number of hydrogen-bond donors (Lipinski definition) is 2. The van der Waals surface area contributed by atoms with Crippen LogP contribution >= 0.6 is 0 Å². The number of aryl methyl sites for hydroxylation is 1. The summed E-state index contributed by atoms with van der Waals surface area (Å²) in [5, 5.41) is 15.1. The lowest BCUT2D eigenvalue weighted by Crippen LogP contribution is -2.34. The highest BCUT2D eigenvalue weighted by Gasteiger charge is 2.29. The van der Waals surface area contributed by atoms with Crippen molar-refractivity contribution in [1.29, 1.82) is 0 Å². The summed E-state index contributed by atoms with van der Waals surface area (Å²) in [5.41, 5.74) is -1.06. The first kappa shape index (κ1) is 14.1. The summed E-state index contributed by atoms with van der Waals surface area (Å²) in [5.74, 6) is -0.308. The Morgan fingerprint density at radius 2 is 2.11 bits per heavy atom. The summed E-state index contributed by atoms with van der Waals surface area (Å²) in [6.45, 7) is 5.07. The number of carbonyl (C=O) groups is 2. The molecule has 0 atom stereocenters. The second-order valence-electron chi connectivity index (χ2n) is 4.70. The van der Waals surface area contributed by atoms with Crippen LogP contribution in [0.3, 0.4) is 0 Å². The minimum Gasteiger partial charge on any atom is -0.481 e. The molecule has 0 unspecified atom stereocenters. The fourth-order valence-corrected chi connectivity index (χ4v) is 1.29. The molecular weight excluding hydrogens is 238 g/mol. The van der Waals surface area contributed by atoms with Crippen LogP contribution in [-0.4, -0.2) is 33.7 Å². The molecule has 0 aromatic carbocycles. The van der Waals surface area contributed by atoms with E-state index in [4.69, 9.17) is 9.63 Å². The van der Waals surface area contributed by atoms with Gasteiger partial charge in [0.2, 0.25) is 11.8 Å². The number of carboxylic acid groups (broad SMARTS) is 1. The van der Waals surface area contributed by atoms with Crippen LogP contribution in [0.25, 0.3) is 0 Å². The van der Waals surface area contributed by atoms with Gasteiger partial charge in [-0.05, 0) is 20.8 Å². The molecule has 0 saturated heterocycles. The van der Waals surface area contributed by atoms with E-state index in [1.165, 1.54) is 13.8 Å². The van der Waals surface area contributed by atoms with E-state index in [1.54, 1.807) is 6.92 Å². The van der Waals surface area contributed by atoms with Crippen LogP contribution in [0.1, 0.15) is 32.0 Å². The molecule has 100 valence electrons. The Kier molecular flexibility index (Phi) is 4.41. The number of aromatic nitrogens is 2. The van der Waals surface area contributed by atoms with Gasteiger partial charge in [0.05, 0.1) is 5.41 Å². The monoisotopic (exact) mass is 255 g/mol. The first-order chi connectivity index (χ1) is 8.31. The molecule has 1 heterocycles. The van der Waals surface area contributed by atoms with Crippen molar-refractivity contribution in [3.63, 3.8) is 0 Å². The Morgan fingerprint density at radius 3 is 2.61 bits per heavy atom. The van der Waals surface area contributed by atoms with E-state index in [-0.39, 0.29) is 12.3 Å². The Hall–Kier alpha value is -1.92. The number of carboxylic acids is 1. The average molecular weight is 255 g/mol. The van der Waals surface area contributed by atoms with Crippen LogP contribution < -0.4 is 5.32 Å². The zero-order valence-corrected chi connectivity index (χ0v) is 10.7. The fourth-order valence-electron chi connectivity index (χ4n) is 1.29. The molecule has 2 N–H and O–H groups in total. The SMILES string of the molecule is Cc1noc(CCNC(=O)CC(C)(C)C(=O)O)n1. The normalized spacial score (nSPS) is 11.3. The molecule has 0 aliphatic rings. The number of rotatable bonds is 6. The molecule has 0 radical (unpaired) electrons. The number of nitrogens with one attached hydrogen (secondary N) is 1. The zero-order chi connectivity index (χ0) is 13.8. The van der Waals surface area contributed by atoms with Crippen LogP contribution in [0.2, 0.25) is 0 Å². The van der Waals surface area contributed by atoms with Gasteiger partial charge in [0, 0.05) is 19.4 Å². The van der Waals surface area contributed by atoms with Crippen molar-refractivity contribution in [3.8, 4) is 0 Å². The van der Waals surface area contributed by atoms with Crippen LogP contribution in [-0.2, 0) is 16.0 Å². The summed E-state index contributed by atoms with van der Waals surface area (Å²) in [6.07, 6.45) is 0.366. The van der Waals surface area contributed by atoms with Gasteiger partial charge in [-0.1, -0.05) is 5.16 Å². The maximum atomic E-state index is 11.5. The van der Waals surface area contributed by atoms with E-state index in [0.29, 0.717) is 24.7 Å². The summed E-state index contributed by atoms with van der Waals surface area (Å²) >= 11 is 0. The van der Waals surface area contributed by atoms with E-state index in [1.807, 2.05) is 0 Å². The van der Waals surface area contributed by atoms with Crippen molar-refractivity contribution in [2.45, 2.75) is 33.6 Å². The highest BCUT2D eigenvalue weighted by atomic mass is 16.5. The van der Waals surface area contributed by atoms with Crippen LogP contribution in [0.4, 0.5) is 0 Å². The Bertz CT molecular complexity index is 439. The van der Waals surface area contributed by atoms with E-state index in [9.17, 15) is 9.59 Å². The molecule has 1 aromatic rings. The summed E-state index contributed by atoms with van der Waals surface area (Å²) in [6, 6.07) is 0. The van der Waals surface area contributed by atoms with Crippen LogP contribution in [0.15, 0.2) is 4.52 Å². The van der Waals surface area contributed by atoms with Gasteiger partial charge >= 0.3 is 5.97 Å². The molecule has 7 heteroatoms. The molecule has 1 aromatic heterocycles. The lowest BCUT2D eigenvalue weighted by atomic mass is 9.89. The third-order valence-corrected chi connectivity index (χ3v) is 2.41. The van der Waals surface area contributed by atoms with Gasteiger partial charge in [-0.25, -0.2) is 0 Å². The molecule has 0 aliphatic carbocycles. The second-order valence-corrected chi connectivity index (χ2v) is 4.70. The molecule has 0 spiro atoms. The number of carbonyl (C=O) groups excluding carboxylic acids is 1. The van der Waals surface area contributed by atoms with Gasteiger partial charge in [0.25, 0.3) is 0 Å². The van der Waals surface area contributed by atoms with Crippen molar-refractivity contribution in [1.82, 2.24) is 15.5 Å². The maximum Gasteiger partial charge on any atom is 0.309 e. The summed E-state index contributed by atoms with van der Waals surface area (Å²) < 4.78 is 4.88. The Balaban J connectivity index is 2.32. The zero-order valence-electron chi connectivity index (χ0n) is 10.7. The number of amides is 1. The topological polar surface area (TPSA) is 105 Å². The van der Waals surface area contributed by atoms with E-state index in [2.05, 4.69) is 15.5 Å². The predicted molar refractivity (Wildman–Crippen MR) is 61.8 cm³/mol. The lowest BCUT2D eigenvalue weighted by molar-refractivity contribution is -0.149. The van der Waals surface area contributed by atoms with Gasteiger partial charge < -0.3 is 14.9 Å². The molecule has 0 fully saturated rings. The molecular formula is C11H17N3O4. The van der Waals surface area contributed by atoms with Gasteiger partial charge in [-0.2, -0.15) is 4.98 Å². The van der Waals surface area contributed by atoms with Crippen molar-refractivity contribution >= 4 is 11.9 Å². The van der Waals surface area contributed by atoms with Crippen molar-refractivity contribution < 1.29 is 19.2 Å². The fraction of sp³-hybridized carbons (Fsp3) is 0.636. The minimum absolute atomic E-state index is 0.0643. The third kappa shape index (κ3) is 4.15. The van der Waals surface area contributed by atoms with Crippen LogP contribution in [0.5, 0.6) is 0 Å². The Morgan fingerprint density at radius 1 is 1.44 bits per heavy atom. The van der Waals surface area contributed by atoms with Gasteiger partial charge in [-0.15, -0.1) is 0 Å². The third-order valence-electron chi connectivity index (χ3n) is 2.41. The molecule has 0 aliphatic heterocycles. The second kappa shape index (κ2) is 5.61. The van der Waals surface area contributed by atoms with Gasteiger partial charge in [0.1, 0.15) is 0 Å². The van der Waals surface area contributed by atoms with Crippen LogP contribution in [0, 0.1) is 12.3 Å². The quantitative estimate of drug-likeness (QED) is 0.768. The first-order valence-corrected chi connectivity index (χ1v) is 5.60. The average Bonchev–Trinajstić information content (AvgIpc) is 2.63. The van der Waals surface area contributed by atoms with Crippen molar-refractivity contribution in [3.05, 3.63) is 11.7 Å². The number of aliphatic carboxylic acids is 1. The first-order valence-electron chi connectivity index (χ1n) is 5.60. The Labute approximate surface area is 105 Å². The molecule has 7 nitrogen and oxygen atoms in total. The summed E-state index contributed by atoms with van der Waals surface area (Å²) in [7, 11) is 0. The standard InChI is InChI=1S/C11H17N3O4/c1-7-13-9(18-14-7)4-5-12-8(15)6-11(2,3)10(16)17/h4-6H2,1-3H3,(H,12,15)(H,16,17). The molecule has 1 amide bonds. The predicted octanol–water partition coefficient (Wildman–Crippen LogP) is 0.538. The lowest BCUT2D eigenvalue weighted by Gasteiger charge is -2.17. The van der Waals surface area contributed by atoms with Gasteiger partial charge in [-0.3, -0.25) is 9.59 Å². The van der Waals surface area contributed by atoms with Crippen molar-refractivity contribution in [2.75, 3.05) is 6.54 Å². The maximum absolute atomic E-state index is 11.5. The highest BCUT2D eigenvalue weighted by molar-refractivity contribution is 5.84. The highest BCUT2D eigenvalue weighted by Crippen LogP contribution is 2.19. The summed E-state index contributed by atoms with van der Waals surface area (Å²) in [4.78, 5) is 26.3. The molecule has 0 bridgehead atoms. The smallest absolute Gasteiger partial charge is 0.309 e. The van der Waals surface area contributed by atoms with Gasteiger partial charge in [0.15, 0.2) is 5.82 Å². The van der Waals surface area contributed by atoms with E-state index in [0.717, 1.165) is 0 Å². The molecule has 1 rings (SSSR count). The minimum atomic E-state index is -1.06. The largest absolute Gasteiger partial charge is 0.481 e.